The van der Waals surface area contributed by atoms with Gasteiger partial charge in [-0.1, -0.05) is 0 Å². The quantitative estimate of drug-likeness (QED) is 0.696. The highest BCUT2D eigenvalue weighted by Gasteiger charge is 2.32. The molecule has 0 aromatic carbocycles. The summed E-state index contributed by atoms with van der Waals surface area (Å²) in [6.45, 7) is 0.222. The molecule has 0 bridgehead atoms. The molecule has 1 aromatic heterocycles. The molecule has 1 aliphatic rings. The van der Waals surface area contributed by atoms with Crippen LogP contribution < -0.4 is 11.2 Å². The maximum absolute atomic E-state index is 12.5. The minimum atomic E-state index is -4.01. The van der Waals surface area contributed by atoms with Gasteiger partial charge in [0, 0.05) is 33.4 Å². The van der Waals surface area contributed by atoms with Crippen LogP contribution in [0.1, 0.15) is 12.8 Å². The molecule has 0 aliphatic carbocycles. The van der Waals surface area contributed by atoms with Crippen LogP contribution in [0.15, 0.2) is 20.7 Å². The van der Waals surface area contributed by atoms with Gasteiger partial charge in [0.2, 0.25) is 10.0 Å². The van der Waals surface area contributed by atoms with Crippen LogP contribution in [-0.4, -0.2) is 46.2 Å². The molecule has 2 rings (SSSR count). The Labute approximate surface area is 115 Å². The molecule has 1 aliphatic heterocycles. The van der Waals surface area contributed by atoms with Gasteiger partial charge in [0.1, 0.15) is 0 Å². The van der Waals surface area contributed by atoms with Crippen LogP contribution in [0.2, 0.25) is 0 Å². The number of sulfonamides is 1. The summed E-state index contributed by atoms with van der Waals surface area (Å²) in [6.07, 6.45) is 1.38. The van der Waals surface area contributed by atoms with Crippen molar-refractivity contribution in [2.75, 3.05) is 13.1 Å². The van der Waals surface area contributed by atoms with E-state index >= 15 is 0 Å². The fourth-order valence-electron chi connectivity index (χ4n) is 2.23. The van der Waals surface area contributed by atoms with Gasteiger partial charge >= 0.3 is 5.69 Å². The van der Waals surface area contributed by atoms with E-state index in [0.717, 1.165) is 19.6 Å². The Hall–Kier alpha value is -1.45. The number of aliphatic hydroxyl groups excluding tert-OH is 1. The molecule has 2 heterocycles. The van der Waals surface area contributed by atoms with Crippen molar-refractivity contribution in [2.24, 2.45) is 14.1 Å². The number of aryl methyl sites for hydroxylation is 1. The van der Waals surface area contributed by atoms with Crippen LogP contribution in [0, 0.1) is 0 Å². The highest BCUT2D eigenvalue weighted by atomic mass is 32.2. The number of nitrogens with zero attached hydrogens (tertiary/aromatic N) is 3. The summed E-state index contributed by atoms with van der Waals surface area (Å²) in [5, 5.41) is 9.57. The van der Waals surface area contributed by atoms with Crippen molar-refractivity contribution in [3.05, 3.63) is 27.0 Å². The molecule has 1 atom stereocenters. The van der Waals surface area contributed by atoms with Crippen molar-refractivity contribution in [3.8, 4) is 0 Å². The second-order valence-corrected chi connectivity index (χ2v) is 6.82. The van der Waals surface area contributed by atoms with E-state index in [-0.39, 0.29) is 13.1 Å². The average molecular weight is 303 g/mol. The highest BCUT2D eigenvalue weighted by molar-refractivity contribution is 7.89. The number of aliphatic hydroxyl groups is 1. The van der Waals surface area contributed by atoms with Gasteiger partial charge in [-0.3, -0.25) is 9.36 Å². The zero-order valence-electron chi connectivity index (χ0n) is 11.3. The number of β-amino-alcohol motifs (C(OH)–C–C–N with tert-alkyl or cyclic N) is 1. The normalized spacial score (nSPS) is 21.1. The molecule has 0 spiro atoms. The SMILES string of the molecule is Cn1cc(S(=O)(=O)N2CCCC(O)C2)c(=O)n(C)c1=O. The Balaban J connectivity index is 2.56. The smallest absolute Gasteiger partial charge is 0.330 e. The minimum Gasteiger partial charge on any atom is -0.392 e. The summed E-state index contributed by atoms with van der Waals surface area (Å²) in [7, 11) is -1.40. The van der Waals surface area contributed by atoms with Crippen molar-refractivity contribution < 1.29 is 13.5 Å². The molecular formula is C11H17N3O5S. The van der Waals surface area contributed by atoms with Gasteiger partial charge < -0.3 is 9.67 Å². The molecule has 1 unspecified atom stereocenters. The average Bonchev–Trinajstić information content (AvgIpc) is 2.40. The first-order valence-electron chi connectivity index (χ1n) is 6.20. The second-order valence-electron chi connectivity index (χ2n) is 4.91. The molecular weight excluding hydrogens is 286 g/mol. The molecule has 0 radical (unpaired) electrons. The van der Waals surface area contributed by atoms with E-state index in [0.29, 0.717) is 12.8 Å². The Bertz CT molecular complexity index is 733. The lowest BCUT2D eigenvalue weighted by Gasteiger charge is -2.29. The molecule has 0 saturated carbocycles. The third kappa shape index (κ3) is 2.43. The monoisotopic (exact) mass is 303 g/mol. The summed E-state index contributed by atoms with van der Waals surface area (Å²) in [4.78, 5) is 23.1. The standard InChI is InChI=1S/C11H17N3O5S/c1-12-7-9(10(16)13(2)11(12)17)20(18,19)14-5-3-4-8(15)6-14/h7-8,15H,3-6H2,1-2H3. The topological polar surface area (TPSA) is 102 Å². The van der Waals surface area contributed by atoms with Crippen LogP contribution in [0.25, 0.3) is 0 Å². The summed E-state index contributed by atoms with van der Waals surface area (Å²) < 4.78 is 27.8. The maximum atomic E-state index is 12.5. The third-order valence-electron chi connectivity index (χ3n) is 3.39. The van der Waals surface area contributed by atoms with Crippen molar-refractivity contribution in [2.45, 2.75) is 23.8 Å². The molecule has 112 valence electrons. The van der Waals surface area contributed by atoms with E-state index in [4.69, 9.17) is 0 Å². The number of hydrogen-bond acceptors (Lipinski definition) is 5. The molecule has 8 nitrogen and oxygen atoms in total. The van der Waals surface area contributed by atoms with Crippen molar-refractivity contribution in [3.63, 3.8) is 0 Å². The number of aromatic nitrogens is 2. The Morgan fingerprint density at radius 1 is 1.30 bits per heavy atom. The lowest BCUT2D eigenvalue weighted by Crippen LogP contribution is -2.46. The van der Waals surface area contributed by atoms with E-state index in [9.17, 15) is 23.1 Å². The molecule has 20 heavy (non-hydrogen) atoms. The first kappa shape index (κ1) is 14.9. The summed E-state index contributed by atoms with van der Waals surface area (Å²) in [5.41, 5.74) is -1.44. The van der Waals surface area contributed by atoms with E-state index in [1.54, 1.807) is 0 Å². The fraction of sp³-hybridized carbons (Fsp3) is 0.636. The number of rotatable bonds is 2. The number of hydrogen-bond donors (Lipinski definition) is 1. The molecule has 9 heteroatoms. The first-order valence-corrected chi connectivity index (χ1v) is 7.64. The van der Waals surface area contributed by atoms with E-state index < -0.39 is 32.3 Å². The van der Waals surface area contributed by atoms with Crippen LogP contribution in [0.4, 0.5) is 0 Å². The molecule has 0 amide bonds. The van der Waals surface area contributed by atoms with E-state index in [2.05, 4.69) is 0 Å². The predicted octanol–water partition coefficient (Wildman–Crippen LogP) is -1.77. The number of piperidine rings is 1. The molecule has 1 N–H and O–H groups in total. The fourth-order valence-corrected chi connectivity index (χ4v) is 3.90. The van der Waals surface area contributed by atoms with Gasteiger partial charge in [-0.15, -0.1) is 0 Å². The van der Waals surface area contributed by atoms with Crippen LogP contribution in [-0.2, 0) is 24.1 Å². The predicted molar refractivity (Wildman–Crippen MR) is 70.9 cm³/mol. The van der Waals surface area contributed by atoms with Crippen LogP contribution in [0.3, 0.4) is 0 Å². The van der Waals surface area contributed by atoms with Gasteiger partial charge in [-0.2, -0.15) is 4.31 Å². The first-order chi connectivity index (χ1) is 9.25. The molecule has 1 fully saturated rings. The molecule has 1 saturated heterocycles. The zero-order valence-corrected chi connectivity index (χ0v) is 12.1. The van der Waals surface area contributed by atoms with Gasteiger partial charge in [0.15, 0.2) is 4.90 Å². The maximum Gasteiger partial charge on any atom is 0.330 e. The highest BCUT2D eigenvalue weighted by Crippen LogP contribution is 2.17. The largest absolute Gasteiger partial charge is 0.392 e. The van der Waals surface area contributed by atoms with Crippen molar-refractivity contribution in [1.82, 2.24) is 13.4 Å². The summed E-state index contributed by atoms with van der Waals surface area (Å²) in [6, 6.07) is 0. The Morgan fingerprint density at radius 3 is 2.55 bits per heavy atom. The summed E-state index contributed by atoms with van der Waals surface area (Å²) in [5.74, 6) is 0. The van der Waals surface area contributed by atoms with Gasteiger partial charge in [-0.05, 0) is 12.8 Å². The van der Waals surface area contributed by atoms with E-state index in [1.165, 1.54) is 14.1 Å². The van der Waals surface area contributed by atoms with Gasteiger partial charge in [0.05, 0.1) is 6.10 Å². The van der Waals surface area contributed by atoms with E-state index in [1.807, 2.05) is 0 Å². The van der Waals surface area contributed by atoms with Crippen LogP contribution in [0.5, 0.6) is 0 Å². The lowest BCUT2D eigenvalue weighted by atomic mass is 10.1. The Morgan fingerprint density at radius 2 is 1.95 bits per heavy atom. The summed E-state index contributed by atoms with van der Waals surface area (Å²) >= 11 is 0. The minimum absolute atomic E-state index is 0.0334. The zero-order chi connectivity index (χ0) is 15.1. The van der Waals surface area contributed by atoms with Gasteiger partial charge in [-0.25, -0.2) is 13.2 Å². The second kappa shape index (κ2) is 5.15. The van der Waals surface area contributed by atoms with Crippen molar-refractivity contribution in [1.29, 1.82) is 0 Å². The molecule has 1 aromatic rings. The van der Waals surface area contributed by atoms with Crippen molar-refractivity contribution >= 4 is 10.0 Å². The Kier molecular flexibility index (Phi) is 3.85. The lowest BCUT2D eigenvalue weighted by molar-refractivity contribution is 0.108. The van der Waals surface area contributed by atoms with Crippen LogP contribution >= 0.6 is 0 Å². The third-order valence-corrected chi connectivity index (χ3v) is 5.24. The van der Waals surface area contributed by atoms with Gasteiger partial charge in [0.25, 0.3) is 5.56 Å².